The van der Waals surface area contributed by atoms with Crippen LogP contribution in [0.1, 0.15) is 113 Å². The Morgan fingerprint density at radius 1 is 1.05 bits per heavy atom. The van der Waals surface area contributed by atoms with E-state index in [0.29, 0.717) is 30.4 Å². The van der Waals surface area contributed by atoms with E-state index in [9.17, 15) is 14.4 Å². The fourth-order valence-electron chi connectivity index (χ4n) is 6.54. The lowest BCUT2D eigenvalue weighted by Gasteiger charge is -2.44. The van der Waals surface area contributed by atoms with Crippen molar-refractivity contribution in [1.29, 1.82) is 0 Å². The largest absolute Gasteiger partial charge is 0.303 e. The van der Waals surface area contributed by atoms with Crippen molar-refractivity contribution in [3.63, 3.8) is 0 Å². The molecule has 1 aliphatic heterocycles. The molecule has 1 aliphatic carbocycles. The van der Waals surface area contributed by atoms with Gasteiger partial charge in [0.1, 0.15) is 6.29 Å². The van der Waals surface area contributed by atoms with Crippen LogP contribution in [-0.2, 0) is 16.1 Å². The molecule has 0 radical (unpaired) electrons. The summed E-state index contributed by atoms with van der Waals surface area (Å²) in [4.78, 5) is 40.8. The van der Waals surface area contributed by atoms with E-state index in [-0.39, 0.29) is 5.91 Å². The summed E-state index contributed by atoms with van der Waals surface area (Å²) >= 11 is 1.81. The van der Waals surface area contributed by atoms with Gasteiger partial charge in [0.05, 0.1) is 6.04 Å². The van der Waals surface area contributed by atoms with Crippen molar-refractivity contribution in [2.75, 3.05) is 32.4 Å². The van der Waals surface area contributed by atoms with Crippen molar-refractivity contribution in [2.24, 2.45) is 5.41 Å². The molecule has 1 saturated carbocycles. The quantitative estimate of drug-likeness (QED) is 0.135. The number of nitrogens with one attached hydrogen (secondary N) is 1. The maximum Gasteiger partial charge on any atom is 0.243 e. The molecule has 1 spiro atoms. The van der Waals surface area contributed by atoms with Gasteiger partial charge >= 0.3 is 0 Å². The fraction of sp³-hybridized carbons (Fsp3) is 0.719. The van der Waals surface area contributed by atoms with Crippen LogP contribution in [0.2, 0.25) is 0 Å². The van der Waals surface area contributed by atoms with Gasteiger partial charge in [-0.1, -0.05) is 64.0 Å². The molecule has 1 saturated heterocycles. The third kappa shape index (κ3) is 10.0. The standard InChI is InChI=1S/C32H51N3O3S/c1-3-13-29(31(38)33-26-37)34(2)24-28-27(25-36)14-12-15-30(28)39-23-11-6-4-5-10-20-35-21-18-32(19-22-35)16-8-7-9-17-32/h12,14-15,25-26,29H,3-11,13,16-24H2,1-2H3,(H,33,37,38). The van der Waals surface area contributed by atoms with Gasteiger partial charge < -0.3 is 4.90 Å². The number of carbonyl (C=O) groups excluding carboxylic acids is 3. The van der Waals surface area contributed by atoms with E-state index in [1.165, 1.54) is 90.3 Å². The van der Waals surface area contributed by atoms with Gasteiger partial charge in [0.2, 0.25) is 12.3 Å². The Kier molecular flexibility index (Phi) is 14.0. The van der Waals surface area contributed by atoms with E-state index in [2.05, 4.69) is 16.3 Å². The first-order chi connectivity index (χ1) is 19.0. The number of piperidine rings is 1. The molecular formula is C32H51N3O3S. The van der Waals surface area contributed by atoms with Crippen LogP contribution in [0.5, 0.6) is 0 Å². The summed E-state index contributed by atoms with van der Waals surface area (Å²) in [6.45, 7) is 6.41. The average Bonchev–Trinajstić information content (AvgIpc) is 2.95. The van der Waals surface area contributed by atoms with Crippen LogP contribution >= 0.6 is 11.8 Å². The summed E-state index contributed by atoms with van der Waals surface area (Å²) in [5.74, 6) is 0.734. The first kappa shape index (κ1) is 31.8. The number of likely N-dealkylation sites (tertiary alicyclic amines) is 1. The second-order valence-corrected chi connectivity index (χ2v) is 12.9. The number of carbonyl (C=O) groups is 3. The molecule has 7 heteroatoms. The second-order valence-electron chi connectivity index (χ2n) is 11.8. The number of amides is 2. The molecule has 1 heterocycles. The first-order valence-corrected chi connectivity index (χ1v) is 16.4. The smallest absolute Gasteiger partial charge is 0.243 e. The summed E-state index contributed by atoms with van der Waals surface area (Å²) in [6.07, 6.45) is 19.3. The number of likely N-dealkylation sites (N-methyl/N-ethyl adjacent to an activating group) is 1. The van der Waals surface area contributed by atoms with Crippen LogP contribution in [0, 0.1) is 5.41 Å². The molecule has 1 N–H and O–H groups in total. The number of hydrogen-bond donors (Lipinski definition) is 1. The van der Waals surface area contributed by atoms with Crippen LogP contribution in [0.4, 0.5) is 0 Å². The van der Waals surface area contributed by atoms with Crippen molar-refractivity contribution in [2.45, 2.75) is 114 Å². The van der Waals surface area contributed by atoms with Crippen LogP contribution < -0.4 is 5.32 Å². The predicted molar refractivity (Wildman–Crippen MR) is 161 cm³/mol. The van der Waals surface area contributed by atoms with E-state index in [0.717, 1.165) is 35.3 Å². The van der Waals surface area contributed by atoms with Gasteiger partial charge in [-0.15, -0.1) is 11.8 Å². The zero-order chi connectivity index (χ0) is 27.9. The molecule has 0 bridgehead atoms. The normalized spacial score (nSPS) is 18.2. The Balaban J connectivity index is 1.37. The Morgan fingerprint density at radius 2 is 1.77 bits per heavy atom. The highest BCUT2D eigenvalue weighted by atomic mass is 32.2. The molecule has 0 aromatic heterocycles. The summed E-state index contributed by atoms with van der Waals surface area (Å²) in [6, 6.07) is 5.46. The number of nitrogens with zero attached hydrogens (tertiary/aromatic N) is 2. The van der Waals surface area contributed by atoms with E-state index in [4.69, 9.17) is 0 Å². The summed E-state index contributed by atoms with van der Waals surface area (Å²) in [7, 11) is 1.89. The SMILES string of the molecule is CCCC(C(=O)NC=O)N(C)Cc1c(C=O)cccc1SCCCCCCCN1CCC2(CCCCC2)CC1. The molecular weight excluding hydrogens is 506 g/mol. The van der Waals surface area contributed by atoms with Gasteiger partial charge in [-0.25, -0.2) is 0 Å². The van der Waals surface area contributed by atoms with Gasteiger partial charge in [-0.05, 0) is 94.4 Å². The maximum absolute atomic E-state index is 12.4. The lowest BCUT2D eigenvalue weighted by atomic mass is 9.68. The molecule has 39 heavy (non-hydrogen) atoms. The molecule has 2 fully saturated rings. The molecule has 218 valence electrons. The predicted octanol–water partition coefficient (Wildman–Crippen LogP) is 6.46. The van der Waals surface area contributed by atoms with Crippen LogP contribution in [0.15, 0.2) is 23.1 Å². The van der Waals surface area contributed by atoms with Crippen molar-refractivity contribution < 1.29 is 14.4 Å². The summed E-state index contributed by atoms with van der Waals surface area (Å²) < 4.78 is 0. The molecule has 1 aromatic rings. The molecule has 1 unspecified atom stereocenters. The Bertz CT molecular complexity index is 893. The van der Waals surface area contributed by atoms with Crippen molar-refractivity contribution in [3.05, 3.63) is 29.3 Å². The van der Waals surface area contributed by atoms with Gasteiger partial charge in [-0.3, -0.25) is 24.6 Å². The highest BCUT2D eigenvalue weighted by molar-refractivity contribution is 7.99. The van der Waals surface area contributed by atoms with E-state index in [1.54, 1.807) is 0 Å². The molecule has 3 rings (SSSR count). The number of thioether (sulfide) groups is 1. The highest BCUT2D eigenvalue weighted by Gasteiger charge is 2.35. The number of rotatable bonds is 17. The van der Waals surface area contributed by atoms with Crippen molar-refractivity contribution in [3.8, 4) is 0 Å². The van der Waals surface area contributed by atoms with Gasteiger partial charge in [0.15, 0.2) is 0 Å². The van der Waals surface area contributed by atoms with Gasteiger partial charge in [0, 0.05) is 17.0 Å². The Morgan fingerprint density at radius 3 is 2.46 bits per heavy atom. The third-order valence-electron chi connectivity index (χ3n) is 9.01. The summed E-state index contributed by atoms with van der Waals surface area (Å²) in [5.41, 5.74) is 2.34. The molecule has 2 amide bonds. The van der Waals surface area contributed by atoms with Crippen molar-refractivity contribution >= 4 is 30.4 Å². The Labute approximate surface area is 241 Å². The summed E-state index contributed by atoms with van der Waals surface area (Å²) in [5, 5.41) is 2.30. The number of benzene rings is 1. The third-order valence-corrected chi connectivity index (χ3v) is 10.2. The fourth-order valence-corrected chi connectivity index (χ4v) is 7.64. The lowest BCUT2D eigenvalue weighted by Crippen LogP contribution is -2.44. The zero-order valence-corrected chi connectivity index (χ0v) is 25.2. The minimum Gasteiger partial charge on any atom is -0.303 e. The monoisotopic (exact) mass is 557 g/mol. The Hall–Kier alpha value is -1.70. The highest BCUT2D eigenvalue weighted by Crippen LogP contribution is 2.44. The van der Waals surface area contributed by atoms with Crippen LogP contribution in [-0.4, -0.2) is 66.9 Å². The van der Waals surface area contributed by atoms with E-state index >= 15 is 0 Å². The molecule has 1 aromatic carbocycles. The minimum atomic E-state index is -0.406. The van der Waals surface area contributed by atoms with Crippen LogP contribution in [0.3, 0.4) is 0 Å². The topological polar surface area (TPSA) is 69.7 Å². The molecule has 6 nitrogen and oxygen atoms in total. The molecule has 2 aliphatic rings. The van der Waals surface area contributed by atoms with E-state index in [1.807, 2.05) is 42.8 Å². The van der Waals surface area contributed by atoms with Gasteiger partial charge in [0.25, 0.3) is 0 Å². The second kappa shape index (κ2) is 17.2. The first-order valence-electron chi connectivity index (χ1n) is 15.4. The van der Waals surface area contributed by atoms with E-state index < -0.39 is 6.04 Å². The maximum atomic E-state index is 12.4. The van der Waals surface area contributed by atoms with Crippen LogP contribution in [0.25, 0.3) is 0 Å². The number of imide groups is 1. The minimum absolute atomic E-state index is 0.291. The number of hydrogen-bond acceptors (Lipinski definition) is 6. The van der Waals surface area contributed by atoms with Gasteiger partial charge in [-0.2, -0.15) is 0 Å². The lowest BCUT2D eigenvalue weighted by molar-refractivity contribution is -0.129. The zero-order valence-electron chi connectivity index (χ0n) is 24.4. The average molecular weight is 558 g/mol. The van der Waals surface area contributed by atoms with Crippen molar-refractivity contribution in [1.82, 2.24) is 15.1 Å². The number of aldehydes is 1. The molecule has 1 atom stereocenters. The number of unbranched alkanes of at least 4 members (excludes halogenated alkanes) is 4.